The van der Waals surface area contributed by atoms with Crippen LogP contribution in [0.2, 0.25) is 20.1 Å². The molecule has 0 aliphatic heterocycles. The lowest BCUT2D eigenvalue weighted by Crippen LogP contribution is -2.22. The summed E-state index contributed by atoms with van der Waals surface area (Å²) in [4.78, 5) is 0. The van der Waals surface area contributed by atoms with E-state index < -0.39 is 0 Å². The lowest BCUT2D eigenvalue weighted by atomic mass is 10.2. The number of anilines is 1. The van der Waals surface area contributed by atoms with E-state index in [9.17, 15) is 0 Å². The fourth-order valence-electron chi connectivity index (χ4n) is 1.55. The van der Waals surface area contributed by atoms with Crippen molar-refractivity contribution >= 4 is 64.3 Å². The monoisotopic (exact) mass is 374 g/mol. The number of halogens is 4. The van der Waals surface area contributed by atoms with Gasteiger partial charge in [0.1, 0.15) is 0 Å². The molecule has 4 nitrogen and oxygen atoms in total. The summed E-state index contributed by atoms with van der Waals surface area (Å²) >= 11 is 24.0. The van der Waals surface area contributed by atoms with Crippen LogP contribution in [0.1, 0.15) is 5.56 Å². The minimum absolute atomic E-state index is 0.0226. The van der Waals surface area contributed by atoms with Gasteiger partial charge >= 0.3 is 0 Å². The smallest absolute Gasteiger partial charge is 0.218 e. The van der Waals surface area contributed by atoms with Gasteiger partial charge in [0.25, 0.3) is 0 Å². The fraction of sp³-hybridized carbons (Fsp3) is 0. The Bertz CT molecular complexity index is 703. The van der Waals surface area contributed by atoms with Crippen LogP contribution in [0.5, 0.6) is 0 Å². The maximum Gasteiger partial charge on any atom is 0.218 e. The Hall–Kier alpha value is -1.46. The Morgan fingerprint density at radius 1 is 0.909 bits per heavy atom. The lowest BCUT2D eigenvalue weighted by molar-refractivity contribution is 1.22. The fourth-order valence-corrected chi connectivity index (χ4v) is 2.54. The van der Waals surface area contributed by atoms with Crippen molar-refractivity contribution in [2.45, 2.75) is 0 Å². The van der Waals surface area contributed by atoms with E-state index in [1.54, 1.807) is 36.4 Å². The maximum absolute atomic E-state index is 6.01. The van der Waals surface area contributed by atoms with Gasteiger partial charge in [0, 0.05) is 5.56 Å². The van der Waals surface area contributed by atoms with Gasteiger partial charge in [0.15, 0.2) is 0 Å². The van der Waals surface area contributed by atoms with E-state index in [1.807, 2.05) is 0 Å². The highest BCUT2D eigenvalue weighted by Gasteiger charge is 2.06. The summed E-state index contributed by atoms with van der Waals surface area (Å²) in [6, 6.07) is 10.2. The van der Waals surface area contributed by atoms with Gasteiger partial charge in [-0.3, -0.25) is 0 Å². The summed E-state index contributed by atoms with van der Waals surface area (Å²) in [5.74, 6) is 0.0226. The minimum Gasteiger partial charge on any atom is -0.368 e. The summed E-state index contributed by atoms with van der Waals surface area (Å²) in [7, 11) is 0. The van der Waals surface area contributed by atoms with Crippen molar-refractivity contribution in [3.8, 4) is 0 Å². The van der Waals surface area contributed by atoms with Crippen molar-refractivity contribution in [3.05, 3.63) is 62.1 Å². The Morgan fingerprint density at radius 3 is 1.95 bits per heavy atom. The number of nitrogens with zero attached hydrogens (tertiary/aromatic N) is 2. The number of guanidine groups is 1. The molecule has 2 aromatic rings. The van der Waals surface area contributed by atoms with Gasteiger partial charge in [-0.1, -0.05) is 58.5 Å². The van der Waals surface area contributed by atoms with Crippen LogP contribution in [-0.4, -0.2) is 12.2 Å². The van der Waals surface area contributed by atoms with Crippen molar-refractivity contribution in [1.29, 1.82) is 0 Å². The second kappa shape index (κ2) is 7.70. The van der Waals surface area contributed by atoms with E-state index in [4.69, 9.17) is 52.1 Å². The van der Waals surface area contributed by atoms with E-state index >= 15 is 0 Å². The molecular weight excluding hydrogens is 366 g/mol. The number of hydrogen-bond donors (Lipinski definition) is 2. The third-order valence-electron chi connectivity index (χ3n) is 2.57. The molecule has 3 N–H and O–H groups in total. The predicted molar refractivity (Wildman–Crippen MR) is 95.8 cm³/mol. The SMILES string of the molecule is N/C(=N\N=C\c1c(Cl)cccc1Cl)Nc1c(Cl)cccc1Cl. The van der Waals surface area contributed by atoms with Gasteiger partial charge in [-0.15, -0.1) is 5.10 Å². The first kappa shape index (κ1) is 16.9. The van der Waals surface area contributed by atoms with E-state index in [0.29, 0.717) is 31.3 Å². The molecule has 0 unspecified atom stereocenters. The van der Waals surface area contributed by atoms with Crippen LogP contribution < -0.4 is 11.1 Å². The third kappa shape index (κ3) is 4.27. The molecule has 0 bridgehead atoms. The van der Waals surface area contributed by atoms with Crippen LogP contribution in [0.15, 0.2) is 46.6 Å². The Balaban J connectivity index is 2.15. The van der Waals surface area contributed by atoms with Crippen molar-refractivity contribution in [3.63, 3.8) is 0 Å². The Morgan fingerprint density at radius 2 is 1.41 bits per heavy atom. The molecule has 0 heterocycles. The highest BCUT2D eigenvalue weighted by atomic mass is 35.5. The third-order valence-corrected chi connectivity index (χ3v) is 3.86. The number of nitrogens with one attached hydrogen (secondary N) is 1. The number of hydrogen-bond acceptors (Lipinski definition) is 2. The van der Waals surface area contributed by atoms with Crippen LogP contribution in [-0.2, 0) is 0 Å². The van der Waals surface area contributed by atoms with Gasteiger partial charge in [0.2, 0.25) is 5.96 Å². The first-order valence-electron chi connectivity index (χ1n) is 6.00. The van der Waals surface area contributed by atoms with Gasteiger partial charge in [-0.25, -0.2) is 0 Å². The molecule has 0 aliphatic rings. The number of rotatable bonds is 3. The molecule has 22 heavy (non-hydrogen) atoms. The molecule has 0 amide bonds. The van der Waals surface area contributed by atoms with Crippen LogP contribution in [0.25, 0.3) is 0 Å². The summed E-state index contributed by atoms with van der Waals surface area (Å²) in [5.41, 5.74) is 6.74. The van der Waals surface area contributed by atoms with Crippen LogP contribution in [0.4, 0.5) is 5.69 Å². The van der Waals surface area contributed by atoms with E-state index in [-0.39, 0.29) is 5.96 Å². The van der Waals surface area contributed by atoms with Crippen LogP contribution >= 0.6 is 46.4 Å². The molecule has 2 aromatic carbocycles. The van der Waals surface area contributed by atoms with Gasteiger partial charge in [-0.05, 0) is 24.3 Å². The second-order valence-corrected chi connectivity index (χ2v) is 5.72. The quantitative estimate of drug-likeness (QED) is 0.447. The largest absolute Gasteiger partial charge is 0.368 e. The number of para-hydroxylation sites is 1. The molecule has 0 spiro atoms. The molecule has 0 saturated heterocycles. The summed E-state index contributed by atoms with van der Waals surface area (Å²) < 4.78 is 0. The average molecular weight is 376 g/mol. The first-order chi connectivity index (χ1) is 10.5. The van der Waals surface area contributed by atoms with E-state index in [2.05, 4.69) is 15.5 Å². The van der Waals surface area contributed by atoms with Gasteiger partial charge < -0.3 is 11.1 Å². The normalized spacial score (nSPS) is 11.9. The molecule has 0 aromatic heterocycles. The zero-order chi connectivity index (χ0) is 16.1. The summed E-state index contributed by atoms with van der Waals surface area (Å²) in [5, 5.41) is 12.2. The average Bonchev–Trinajstić information content (AvgIpc) is 2.46. The van der Waals surface area contributed by atoms with Gasteiger partial charge in [-0.2, -0.15) is 5.10 Å². The van der Waals surface area contributed by atoms with E-state index in [0.717, 1.165) is 0 Å². The topological polar surface area (TPSA) is 62.8 Å². The molecule has 0 atom stereocenters. The zero-order valence-corrected chi connectivity index (χ0v) is 14.0. The molecule has 0 radical (unpaired) electrons. The molecule has 114 valence electrons. The Kier molecular flexibility index (Phi) is 5.91. The van der Waals surface area contributed by atoms with Crippen molar-refractivity contribution < 1.29 is 0 Å². The summed E-state index contributed by atoms with van der Waals surface area (Å²) in [6.45, 7) is 0. The molecule has 2 rings (SSSR count). The zero-order valence-electron chi connectivity index (χ0n) is 11.0. The molecule has 0 saturated carbocycles. The standard InChI is InChI=1S/C14H10Cl4N4/c15-9-3-1-4-10(16)8(9)7-20-22-14(19)21-13-11(17)5-2-6-12(13)18/h1-7H,(H3,19,21,22)/b20-7+. The molecule has 8 heteroatoms. The van der Waals surface area contributed by atoms with Crippen LogP contribution in [0.3, 0.4) is 0 Å². The number of nitrogens with two attached hydrogens (primary N) is 1. The first-order valence-corrected chi connectivity index (χ1v) is 7.51. The number of benzene rings is 2. The van der Waals surface area contributed by atoms with Gasteiger partial charge in [0.05, 0.1) is 32.0 Å². The lowest BCUT2D eigenvalue weighted by Gasteiger charge is -2.08. The molecule has 0 aliphatic carbocycles. The summed E-state index contributed by atoms with van der Waals surface area (Å²) in [6.07, 6.45) is 1.41. The maximum atomic E-state index is 6.01. The van der Waals surface area contributed by atoms with E-state index in [1.165, 1.54) is 6.21 Å². The molecule has 0 fully saturated rings. The minimum atomic E-state index is 0.0226. The highest BCUT2D eigenvalue weighted by molar-refractivity contribution is 6.40. The Labute approximate surface area is 147 Å². The second-order valence-electron chi connectivity index (χ2n) is 4.09. The molecular formula is C14H10Cl4N4. The van der Waals surface area contributed by atoms with Crippen LogP contribution in [0, 0.1) is 0 Å². The predicted octanol–water partition coefficient (Wildman–Crippen LogP) is 5.06. The van der Waals surface area contributed by atoms with Crippen molar-refractivity contribution in [2.24, 2.45) is 15.9 Å². The van der Waals surface area contributed by atoms with Crippen molar-refractivity contribution in [1.82, 2.24) is 0 Å². The van der Waals surface area contributed by atoms with Crippen molar-refractivity contribution in [2.75, 3.05) is 5.32 Å². The highest BCUT2D eigenvalue weighted by Crippen LogP contribution is 2.29.